The summed E-state index contributed by atoms with van der Waals surface area (Å²) in [6.07, 6.45) is 0.0171. The lowest BCUT2D eigenvalue weighted by atomic mass is 10.1. The summed E-state index contributed by atoms with van der Waals surface area (Å²) in [5.41, 5.74) is 0. The smallest absolute Gasteiger partial charge is 0.316 e. The topological polar surface area (TPSA) is 71.4 Å². The highest BCUT2D eigenvalue weighted by Gasteiger charge is 2.17. The third-order valence-corrected chi connectivity index (χ3v) is 3.63. The van der Waals surface area contributed by atoms with Crippen molar-refractivity contribution < 1.29 is 19.5 Å². The second kappa shape index (κ2) is 8.01. The molecule has 1 atom stereocenters. The first-order valence-electron chi connectivity index (χ1n) is 5.67. The second-order valence-corrected chi connectivity index (χ2v) is 5.64. The number of rotatable bonds is 7. The van der Waals surface area contributed by atoms with Gasteiger partial charge in [0.1, 0.15) is 11.0 Å². The van der Waals surface area contributed by atoms with Crippen LogP contribution in [0.25, 0.3) is 0 Å². The molecule has 0 aliphatic heterocycles. The minimum atomic E-state index is -1.12. The molecule has 0 heterocycles. The third kappa shape index (κ3) is 6.45. The predicted octanol–water partition coefficient (Wildman–Crippen LogP) is 2.43. The third-order valence-electron chi connectivity index (χ3n) is 2.29. The Balaban J connectivity index is 2.30. The molecular formula is C13H14O4S2. The number of carboxylic acids is 1. The molecule has 0 saturated heterocycles. The monoisotopic (exact) mass is 298 g/mol. The van der Waals surface area contributed by atoms with Crippen LogP contribution in [0.3, 0.4) is 0 Å². The van der Waals surface area contributed by atoms with Crippen molar-refractivity contribution in [3.63, 3.8) is 0 Å². The van der Waals surface area contributed by atoms with Gasteiger partial charge in [0.2, 0.25) is 0 Å². The van der Waals surface area contributed by atoms with Crippen molar-refractivity contribution in [3.8, 4) is 0 Å². The maximum absolute atomic E-state index is 11.6. The predicted molar refractivity (Wildman–Crippen MR) is 76.6 cm³/mol. The van der Waals surface area contributed by atoms with Crippen molar-refractivity contribution in [2.24, 2.45) is 0 Å². The van der Waals surface area contributed by atoms with Gasteiger partial charge in [0.15, 0.2) is 5.12 Å². The molecule has 1 aromatic carbocycles. The van der Waals surface area contributed by atoms with Gasteiger partial charge < -0.3 is 5.11 Å². The minimum absolute atomic E-state index is 0.0585. The van der Waals surface area contributed by atoms with E-state index in [1.807, 2.05) is 30.3 Å². The second-order valence-electron chi connectivity index (χ2n) is 3.88. The van der Waals surface area contributed by atoms with Crippen molar-refractivity contribution >= 4 is 41.3 Å². The summed E-state index contributed by atoms with van der Waals surface area (Å²) in [6, 6.07) is 9.16. The fraction of sp³-hybridized carbons (Fsp3) is 0.308. The number of thioether (sulfide) groups is 1. The van der Waals surface area contributed by atoms with Gasteiger partial charge in [-0.2, -0.15) is 12.6 Å². The summed E-state index contributed by atoms with van der Waals surface area (Å²) in [5, 5.41) is 7.50. The van der Waals surface area contributed by atoms with Crippen molar-refractivity contribution in [2.75, 3.05) is 0 Å². The molecule has 0 aliphatic rings. The number of ketones is 1. The van der Waals surface area contributed by atoms with E-state index >= 15 is 0 Å². The molecule has 4 nitrogen and oxygen atoms in total. The van der Waals surface area contributed by atoms with Gasteiger partial charge >= 0.3 is 5.97 Å². The van der Waals surface area contributed by atoms with Crippen molar-refractivity contribution in [3.05, 3.63) is 30.3 Å². The van der Waals surface area contributed by atoms with Crippen molar-refractivity contribution in [1.29, 1.82) is 0 Å². The fourth-order valence-corrected chi connectivity index (χ4v) is 2.28. The number of carbonyl (C=O) groups excluding carboxylic acids is 2. The molecule has 1 unspecified atom stereocenters. The van der Waals surface area contributed by atoms with Gasteiger partial charge in [0, 0.05) is 24.2 Å². The highest BCUT2D eigenvalue weighted by molar-refractivity contribution is 8.13. The van der Waals surface area contributed by atoms with Gasteiger partial charge in [-0.25, -0.2) is 0 Å². The lowest BCUT2D eigenvalue weighted by Gasteiger charge is -2.04. The molecule has 1 aromatic rings. The normalized spacial score (nSPS) is 11.8. The molecule has 0 spiro atoms. The molecule has 0 amide bonds. The number of carboxylic acid groups (broad SMARTS) is 1. The first-order valence-corrected chi connectivity index (χ1v) is 7.00. The lowest BCUT2D eigenvalue weighted by molar-refractivity contribution is -0.137. The summed E-state index contributed by atoms with van der Waals surface area (Å²) in [7, 11) is 0. The molecule has 0 aliphatic carbocycles. The van der Waals surface area contributed by atoms with Gasteiger partial charge in [0.05, 0.1) is 0 Å². The van der Waals surface area contributed by atoms with Crippen LogP contribution in [0.2, 0.25) is 0 Å². The van der Waals surface area contributed by atoms with E-state index < -0.39 is 11.2 Å². The number of thiol groups is 1. The van der Waals surface area contributed by atoms with E-state index in [9.17, 15) is 14.4 Å². The number of carbonyl (C=O) groups is 3. The Morgan fingerprint density at radius 1 is 1.16 bits per heavy atom. The zero-order valence-electron chi connectivity index (χ0n) is 10.1. The number of hydrogen-bond donors (Lipinski definition) is 2. The van der Waals surface area contributed by atoms with E-state index in [1.165, 1.54) is 0 Å². The molecule has 0 fully saturated rings. The average molecular weight is 298 g/mol. The van der Waals surface area contributed by atoms with Crippen LogP contribution in [0.4, 0.5) is 0 Å². The van der Waals surface area contributed by atoms with Crippen LogP contribution in [0.15, 0.2) is 35.2 Å². The summed E-state index contributed by atoms with van der Waals surface area (Å²) in [5.74, 6) is -1.38. The Kier molecular flexibility index (Phi) is 6.66. The van der Waals surface area contributed by atoms with Crippen LogP contribution in [0.1, 0.15) is 19.3 Å². The molecule has 0 aromatic heterocycles. The molecule has 0 bridgehead atoms. The molecule has 0 saturated carbocycles. The van der Waals surface area contributed by atoms with Gasteiger partial charge in [-0.05, 0) is 12.1 Å². The van der Waals surface area contributed by atoms with Gasteiger partial charge in [-0.15, -0.1) is 0 Å². The van der Waals surface area contributed by atoms with Crippen molar-refractivity contribution in [1.82, 2.24) is 0 Å². The van der Waals surface area contributed by atoms with E-state index in [0.29, 0.717) is 0 Å². The summed E-state index contributed by atoms with van der Waals surface area (Å²) in [4.78, 5) is 34.4. The van der Waals surface area contributed by atoms with Crippen LogP contribution in [0, 0.1) is 0 Å². The zero-order chi connectivity index (χ0) is 14.3. The van der Waals surface area contributed by atoms with E-state index in [1.54, 1.807) is 0 Å². The fourth-order valence-electron chi connectivity index (χ4n) is 1.32. The maximum atomic E-state index is 11.6. The minimum Gasteiger partial charge on any atom is -0.480 e. The molecular weight excluding hydrogens is 284 g/mol. The van der Waals surface area contributed by atoms with Crippen LogP contribution in [0.5, 0.6) is 0 Å². The van der Waals surface area contributed by atoms with Crippen LogP contribution >= 0.6 is 24.4 Å². The Labute approximate surface area is 121 Å². The van der Waals surface area contributed by atoms with Crippen LogP contribution < -0.4 is 0 Å². The van der Waals surface area contributed by atoms with Crippen LogP contribution in [-0.4, -0.2) is 27.2 Å². The number of benzene rings is 1. The number of hydrogen-bond acceptors (Lipinski definition) is 5. The van der Waals surface area contributed by atoms with E-state index in [-0.39, 0.29) is 30.2 Å². The van der Waals surface area contributed by atoms with Gasteiger partial charge in [-0.1, -0.05) is 30.0 Å². The number of Topliss-reactive ketones (excluding diaryl/α,β-unsaturated/α-hetero) is 1. The lowest BCUT2D eigenvalue weighted by Crippen LogP contribution is -2.18. The average Bonchev–Trinajstić information content (AvgIpc) is 2.37. The highest BCUT2D eigenvalue weighted by Crippen LogP contribution is 2.20. The SMILES string of the molecule is O=C(CCC(=O)Sc1ccccc1)CC(S)C(=O)O. The molecule has 19 heavy (non-hydrogen) atoms. The first kappa shape index (κ1) is 15.8. The zero-order valence-corrected chi connectivity index (χ0v) is 11.8. The van der Waals surface area contributed by atoms with E-state index in [0.717, 1.165) is 16.7 Å². The molecule has 0 radical (unpaired) electrons. The Morgan fingerprint density at radius 2 is 1.79 bits per heavy atom. The molecule has 1 rings (SSSR count). The van der Waals surface area contributed by atoms with Gasteiger partial charge in [-0.3, -0.25) is 14.4 Å². The largest absolute Gasteiger partial charge is 0.480 e. The first-order chi connectivity index (χ1) is 8.99. The van der Waals surface area contributed by atoms with E-state index in [4.69, 9.17) is 5.11 Å². The standard InChI is InChI=1S/C13H14O4S2/c14-9(8-11(18)13(16)17)6-7-12(15)19-10-4-2-1-3-5-10/h1-5,11,18H,6-8H2,(H,16,17). The molecule has 6 heteroatoms. The Bertz CT molecular complexity index is 459. The summed E-state index contributed by atoms with van der Waals surface area (Å²) < 4.78 is 0. The quantitative estimate of drug-likeness (QED) is 0.597. The van der Waals surface area contributed by atoms with Crippen LogP contribution in [-0.2, 0) is 14.4 Å². The molecule has 1 N–H and O–H groups in total. The Hall–Kier alpha value is -1.27. The Morgan fingerprint density at radius 3 is 2.37 bits per heavy atom. The summed E-state index contributed by atoms with van der Waals surface area (Å²) in [6.45, 7) is 0. The van der Waals surface area contributed by atoms with Gasteiger partial charge in [0.25, 0.3) is 0 Å². The summed E-state index contributed by atoms with van der Waals surface area (Å²) >= 11 is 4.86. The maximum Gasteiger partial charge on any atom is 0.316 e. The molecule has 102 valence electrons. The highest BCUT2D eigenvalue weighted by atomic mass is 32.2. The number of aliphatic carboxylic acids is 1. The van der Waals surface area contributed by atoms with Crippen molar-refractivity contribution in [2.45, 2.75) is 29.4 Å². The van der Waals surface area contributed by atoms with E-state index in [2.05, 4.69) is 12.6 Å².